The average Bonchev–Trinajstić information content (AvgIpc) is 3.15. The summed E-state index contributed by atoms with van der Waals surface area (Å²) in [5.41, 5.74) is 2.57. The zero-order chi connectivity index (χ0) is 14.2. The van der Waals surface area contributed by atoms with Crippen molar-refractivity contribution < 1.29 is 4.74 Å². The van der Waals surface area contributed by atoms with Gasteiger partial charge in [0.15, 0.2) is 5.65 Å². The molecule has 1 aliphatic heterocycles. The molecule has 1 atom stereocenters. The molecule has 0 bridgehead atoms. The molecule has 1 saturated heterocycles. The second-order valence-electron chi connectivity index (χ2n) is 5.10. The number of nitrogens with zero attached hydrogens (tertiary/aromatic N) is 3. The molecule has 4 rings (SSSR count). The largest absolute Gasteiger partial charge is 0.370 e. The molecule has 0 N–H and O–H groups in total. The molecule has 5 heteroatoms. The lowest BCUT2D eigenvalue weighted by Gasteiger charge is -2.14. The molecule has 4 nitrogen and oxygen atoms in total. The average molecular weight is 300 g/mol. The highest BCUT2D eigenvalue weighted by Gasteiger charge is 2.26. The second kappa shape index (κ2) is 5.13. The predicted molar refractivity (Wildman–Crippen MR) is 81.8 cm³/mol. The van der Waals surface area contributed by atoms with E-state index in [1.807, 2.05) is 41.0 Å². The number of imidazole rings is 1. The number of hydrogen-bond acceptors (Lipinski definition) is 3. The van der Waals surface area contributed by atoms with E-state index < -0.39 is 0 Å². The molecule has 1 fully saturated rings. The van der Waals surface area contributed by atoms with Crippen LogP contribution in [0.5, 0.6) is 0 Å². The number of hydrogen-bond donors (Lipinski definition) is 0. The van der Waals surface area contributed by atoms with E-state index in [0.29, 0.717) is 5.02 Å². The predicted octanol–water partition coefficient (Wildman–Crippen LogP) is 3.93. The molecule has 0 aliphatic carbocycles. The van der Waals surface area contributed by atoms with Crippen molar-refractivity contribution in [2.24, 2.45) is 0 Å². The van der Waals surface area contributed by atoms with Gasteiger partial charge < -0.3 is 4.74 Å². The van der Waals surface area contributed by atoms with Crippen molar-refractivity contribution in [2.75, 3.05) is 6.61 Å². The molecule has 1 aliphatic rings. The molecule has 21 heavy (non-hydrogen) atoms. The van der Waals surface area contributed by atoms with Gasteiger partial charge in [-0.3, -0.25) is 4.57 Å². The summed E-state index contributed by atoms with van der Waals surface area (Å²) in [7, 11) is 0. The van der Waals surface area contributed by atoms with Gasteiger partial charge in [0, 0.05) is 12.8 Å². The monoisotopic (exact) mass is 299 g/mol. The van der Waals surface area contributed by atoms with Crippen LogP contribution in [0.3, 0.4) is 0 Å². The maximum atomic E-state index is 6.38. The lowest BCUT2D eigenvalue weighted by molar-refractivity contribution is 0.104. The zero-order valence-corrected chi connectivity index (χ0v) is 12.1. The molecule has 1 unspecified atom stereocenters. The molecule has 0 radical (unpaired) electrons. The number of halogens is 1. The van der Waals surface area contributed by atoms with Gasteiger partial charge in [-0.1, -0.05) is 23.7 Å². The molecule has 106 valence electrons. The third-order valence-corrected chi connectivity index (χ3v) is 4.07. The van der Waals surface area contributed by atoms with E-state index in [2.05, 4.69) is 4.98 Å². The first-order valence-electron chi connectivity index (χ1n) is 7.04. The van der Waals surface area contributed by atoms with Gasteiger partial charge in [-0.25, -0.2) is 9.97 Å². The topological polar surface area (TPSA) is 39.9 Å². The molecule has 2 aromatic heterocycles. The van der Waals surface area contributed by atoms with Gasteiger partial charge in [0.05, 0.1) is 10.7 Å². The van der Waals surface area contributed by atoms with Crippen LogP contribution in [0.4, 0.5) is 0 Å². The summed E-state index contributed by atoms with van der Waals surface area (Å²) in [5, 5.41) is 0.682. The first-order chi connectivity index (χ1) is 10.3. The molecular formula is C16H14ClN3O. The lowest BCUT2D eigenvalue weighted by atomic mass is 10.2. The van der Waals surface area contributed by atoms with Crippen LogP contribution in [0.2, 0.25) is 5.02 Å². The summed E-state index contributed by atoms with van der Waals surface area (Å²) in [5.74, 6) is 0.884. The zero-order valence-electron chi connectivity index (χ0n) is 11.4. The summed E-state index contributed by atoms with van der Waals surface area (Å²) in [6.45, 7) is 0.782. The lowest BCUT2D eigenvalue weighted by Crippen LogP contribution is -2.07. The van der Waals surface area contributed by atoms with Gasteiger partial charge >= 0.3 is 0 Å². The Hall–Kier alpha value is -1.91. The van der Waals surface area contributed by atoms with Crippen LogP contribution in [0.15, 0.2) is 42.6 Å². The van der Waals surface area contributed by atoms with E-state index in [-0.39, 0.29) is 6.10 Å². The summed E-state index contributed by atoms with van der Waals surface area (Å²) in [6, 6.07) is 11.6. The molecule has 3 heterocycles. The molecule has 0 amide bonds. The van der Waals surface area contributed by atoms with Crippen molar-refractivity contribution >= 4 is 22.8 Å². The van der Waals surface area contributed by atoms with Crippen molar-refractivity contribution in [1.29, 1.82) is 0 Å². The highest BCUT2D eigenvalue weighted by Crippen LogP contribution is 2.33. The van der Waals surface area contributed by atoms with Crippen LogP contribution in [0, 0.1) is 0 Å². The minimum absolute atomic E-state index is 0.00970. The Kier molecular flexibility index (Phi) is 3.13. The number of pyridine rings is 1. The van der Waals surface area contributed by atoms with Gasteiger partial charge in [-0.15, -0.1) is 0 Å². The summed E-state index contributed by atoms with van der Waals surface area (Å²) >= 11 is 6.38. The number of benzene rings is 1. The van der Waals surface area contributed by atoms with Crippen LogP contribution in [-0.4, -0.2) is 21.1 Å². The minimum Gasteiger partial charge on any atom is -0.370 e. The van der Waals surface area contributed by atoms with Crippen LogP contribution >= 0.6 is 11.6 Å². The number of aromatic nitrogens is 3. The van der Waals surface area contributed by atoms with E-state index in [4.69, 9.17) is 21.3 Å². The Labute approximate surface area is 127 Å². The molecule has 0 saturated carbocycles. The second-order valence-corrected chi connectivity index (χ2v) is 5.51. The number of fused-ring (bicyclic) bond motifs is 1. The first-order valence-corrected chi connectivity index (χ1v) is 7.42. The third-order valence-electron chi connectivity index (χ3n) is 3.75. The van der Waals surface area contributed by atoms with Gasteiger partial charge in [0.1, 0.15) is 17.4 Å². The van der Waals surface area contributed by atoms with E-state index in [1.54, 1.807) is 6.20 Å². The van der Waals surface area contributed by atoms with Crippen LogP contribution < -0.4 is 0 Å². The summed E-state index contributed by atoms with van der Waals surface area (Å²) < 4.78 is 7.84. The number of rotatable bonds is 2. The molecule has 3 aromatic rings. The number of ether oxygens (including phenoxy) is 1. The quantitative estimate of drug-likeness (QED) is 0.720. The van der Waals surface area contributed by atoms with Gasteiger partial charge in [0.2, 0.25) is 0 Å². The highest BCUT2D eigenvalue weighted by atomic mass is 35.5. The maximum absolute atomic E-state index is 6.38. The maximum Gasteiger partial charge on any atom is 0.164 e. The first kappa shape index (κ1) is 12.8. The fourth-order valence-corrected chi connectivity index (χ4v) is 3.02. The standard InChI is InChI=1S/C16H14ClN3O/c17-11-5-1-2-7-13(11)20-15-12(6-3-9-18-15)19-16(20)14-8-4-10-21-14/h1-3,5-7,9,14H,4,8,10H2. The molecule has 1 aromatic carbocycles. The summed E-state index contributed by atoms with van der Waals surface area (Å²) in [4.78, 5) is 9.21. The van der Waals surface area contributed by atoms with Crippen molar-refractivity contribution in [3.63, 3.8) is 0 Å². The van der Waals surface area contributed by atoms with E-state index in [0.717, 1.165) is 42.1 Å². The molecule has 0 spiro atoms. The number of para-hydroxylation sites is 1. The van der Waals surface area contributed by atoms with E-state index in [1.165, 1.54) is 0 Å². The van der Waals surface area contributed by atoms with Crippen LogP contribution in [-0.2, 0) is 4.74 Å². The van der Waals surface area contributed by atoms with Gasteiger partial charge in [0.25, 0.3) is 0 Å². The van der Waals surface area contributed by atoms with Crippen molar-refractivity contribution in [1.82, 2.24) is 14.5 Å². The molecular weight excluding hydrogens is 286 g/mol. The fraction of sp³-hybridized carbons (Fsp3) is 0.250. The van der Waals surface area contributed by atoms with E-state index >= 15 is 0 Å². The van der Waals surface area contributed by atoms with Crippen molar-refractivity contribution in [3.8, 4) is 5.69 Å². The van der Waals surface area contributed by atoms with Crippen molar-refractivity contribution in [2.45, 2.75) is 18.9 Å². The third kappa shape index (κ3) is 2.11. The van der Waals surface area contributed by atoms with Crippen LogP contribution in [0.1, 0.15) is 24.8 Å². The normalized spacial score (nSPS) is 18.4. The SMILES string of the molecule is Clc1ccccc1-n1c(C2CCCO2)nc2cccnc21. The van der Waals surface area contributed by atoms with Gasteiger partial charge in [-0.2, -0.15) is 0 Å². The smallest absolute Gasteiger partial charge is 0.164 e. The minimum atomic E-state index is 0.00970. The Bertz CT molecular complexity index is 793. The Morgan fingerprint density at radius 3 is 2.90 bits per heavy atom. The Morgan fingerprint density at radius 1 is 1.19 bits per heavy atom. The Balaban J connectivity index is 2.00. The van der Waals surface area contributed by atoms with Crippen molar-refractivity contribution in [3.05, 3.63) is 53.4 Å². The fourth-order valence-electron chi connectivity index (χ4n) is 2.80. The summed E-state index contributed by atoms with van der Waals surface area (Å²) in [6.07, 6.45) is 3.82. The highest BCUT2D eigenvalue weighted by molar-refractivity contribution is 6.32. The Morgan fingerprint density at radius 2 is 2.10 bits per heavy atom. The van der Waals surface area contributed by atoms with Gasteiger partial charge in [-0.05, 0) is 37.1 Å². The van der Waals surface area contributed by atoms with E-state index in [9.17, 15) is 0 Å². The van der Waals surface area contributed by atoms with Crippen LogP contribution in [0.25, 0.3) is 16.9 Å².